The number of fused-ring (bicyclic) bond motifs is 1. The maximum absolute atomic E-state index is 4.74. The Morgan fingerprint density at radius 3 is 3.00 bits per heavy atom. The molecule has 4 rings (SSSR count). The third-order valence-electron chi connectivity index (χ3n) is 4.42. The molecule has 4 heterocycles. The highest BCUT2D eigenvalue weighted by Crippen LogP contribution is 2.30. The highest BCUT2D eigenvalue weighted by Gasteiger charge is 2.26. The van der Waals surface area contributed by atoms with Crippen molar-refractivity contribution in [1.29, 1.82) is 0 Å². The van der Waals surface area contributed by atoms with Crippen LogP contribution in [0.3, 0.4) is 0 Å². The SMILES string of the molecule is CCn1cc(C2=CN=C3C(Cc4cccnc4)=NC=CC3C2)cn1. The summed E-state index contributed by atoms with van der Waals surface area (Å²) in [7, 11) is 0. The van der Waals surface area contributed by atoms with Crippen LogP contribution in [0, 0.1) is 5.92 Å². The standard InChI is InChI=1S/C19H19N5/c1-2-24-13-17(12-23-24)16-9-15-5-7-21-18(19(15)22-11-16)8-14-4-3-6-20-10-14/h3-7,10-13,15H,2,8-9H2,1H3. The number of hydrogen-bond donors (Lipinski definition) is 0. The molecular formula is C19H19N5. The van der Waals surface area contributed by atoms with Crippen molar-refractivity contribution in [2.75, 3.05) is 0 Å². The van der Waals surface area contributed by atoms with Gasteiger partial charge in [0, 0.05) is 55.4 Å². The van der Waals surface area contributed by atoms with Crippen LogP contribution >= 0.6 is 0 Å². The first-order valence-corrected chi connectivity index (χ1v) is 8.25. The van der Waals surface area contributed by atoms with Crippen molar-refractivity contribution < 1.29 is 0 Å². The number of pyridine rings is 1. The number of nitrogens with zero attached hydrogens (tertiary/aromatic N) is 5. The number of aliphatic imine (C=N–C) groups is 2. The van der Waals surface area contributed by atoms with Crippen molar-refractivity contribution in [3.63, 3.8) is 0 Å². The van der Waals surface area contributed by atoms with E-state index in [-0.39, 0.29) is 0 Å². The van der Waals surface area contributed by atoms with Crippen LogP contribution < -0.4 is 0 Å². The average molecular weight is 317 g/mol. The fraction of sp³-hybridized carbons (Fsp3) is 0.263. The Kier molecular flexibility index (Phi) is 3.91. The van der Waals surface area contributed by atoms with Gasteiger partial charge in [0.2, 0.25) is 0 Å². The third-order valence-corrected chi connectivity index (χ3v) is 4.42. The molecule has 120 valence electrons. The Labute approximate surface area is 141 Å². The Morgan fingerprint density at radius 1 is 1.25 bits per heavy atom. The predicted molar refractivity (Wildman–Crippen MR) is 95.9 cm³/mol. The first-order chi connectivity index (χ1) is 11.8. The molecule has 0 aromatic carbocycles. The van der Waals surface area contributed by atoms with Crippen LogP contribution in [-0.4, -0.2) is 26.2 Å². The number of hydrogen-bond acceptors (Lipinski definition) is 4. The fourth-order valence-corrected chi connectivity index (χ4v) is 3.11. The zero-order valence-electron chi connectivity index (χ0n) is 13.6. The van der Waals surface area contributed by atoms with Gasteiger partial charge in [-0.3, -0.25) is 19.7 Å². The van der Waals surface area contributed by atoms with Gasteiger partial charge in [-0.1, -0.05) is 12.1 Å². The Morgan fingerprint density at radius 2 is 2.21 bits per heavy atom. The lowest BCUT2D eigenvalue weighted by Gasteiger charge is -2.24. The largest absolute Gasteiger partial charge is 0.272 e. The summed E-state index contributed by atoms with van der Waals surface area (Å²) < 4.78 is 1.95. The molecule has 0 radical (unpaired) electrons. The van der Waals surface area contributed by atoms with Crippen LogP contribution in [0.1, 0.15) is 24.5 Å². The molecular weight excluding hydrogens is 298 g/mol. The highest BCUT2D eigenvalue weighted by atomic mass is 15.3. The second kappa shape index (κ2) is 6.35. The Balaban J connectivity index is 1.60. The van der Waals surface area contributed by atoms with Gasteiger partial charge < -0.3 is 0 Å². The van der Waals surface area contributed by atoms with Crippen molar-refractivity contribution in [2.45, 2.75) is 26.3 Å². The Bertz CT molecular complexity index is 855. The monoisotopic (exact) mass is 317 g/mol. The molecule has 0 amide bonds. The minimum atomic E-state index is 0.291. The molecule has 0 N–H and O–H groups in total. The first-order valence-electron chi connectivity index (χ1n) is 8.25. The topological polar surface area (TPSA) is 55.4 Å². The van der Waals surface area contributed by atoms with E-state index in [4.69, 9.17) is 4.99 Å². The van der Waals surface area contributed by atoms with E-state index in [2.05, 4.69) is 40.3 Å². The molecule has 1 unspecified atom stereocenters. The van der Waals surface area contributed by atoms with Gasteiger partial charge in [0.1, 0.15) is 0 Å². The molecule has 2 aliphatic heterocycles. The van der Waals surface area contributed by atoms with Crippen molar-refractivity contribution in [3.8, 4) is 0 Å². The van der Waals surface area contributed by atoms with Crippen molar-refractivity contribution in [3.05, 3.63) is 66.5 Å². The smallest absolute Gasteiger partial charge is 0.0694 e. The van der Waals surface area contributed by atoms with Crippen LogP contribution in [0.25, 0.3) is 5.57 Å². The lowest BCUT2D eigenvalue weighted by Crippen LogP contribution is -2.28. The van der Waals surface area contributed by atoms with Gasteiger partial charge in [0.25, 0.3) is 0 Å². The lowest BCUT2D eigenvalue weighted by atomic mass is 9.85. The number of aromatic nitrogens is 3. The second-order valence-electron chi connectivity index (χ2n) is 6.02. The van der Waals surface area contributed by atoms with E-state index in [0.29, 0.717) is 5.92 Å². The number of aryl methyl sites for hydroxylation is 1. The molecule has 2 aromatic heterocycles. The van der Waals surface area contributed by atoms with Gasteiger partial charge >= 0.3 is 0 Å². The van der Waals surface area contributed by atoms with Gasteiger partial charge in [-0.25, -0.2) is 0 Å². The van der Waals surface area contributed by atoms with Crippen LogP contribution in [-0.2, 0) is 13.0 Å². The van der Waals surface area contributed by atoms with Gasteiger partial charge in [-0.05, 0) is 30.5 Å². The average Bonchev–Trinajstić information content (AvgIpc) is 3.12. The van der Waals surface area contributed by atoms with Crippen molar-refractivity contribution >= 4 is 17.0 Å². The predicted octanol–water partition coefficient (Wildman–Crippen LogP) is 3.31. The summed E-state index contributed by atoms with van der Waals surface area (Å²) in [6, 6.07) is 4.03. The van der Waals surface area contributed by atoms with Gasteiger partial charge in [0.05, 0.1) is 17.6 Å². The maximum Gasteiger partial charge on any atom is 0.0694 e. The number of rotatable bonds is 4. The fourth-order valence-electron chi connectivity index (χ4n) is 3.11. The summed E-state index contributed by atoms with van der Waals surface area (Å²) in [4.78, 5) is 13.5. The third kappa shape index (κ3) is 2.85. The van der Waals surface area contributed by atoms with E-state index in [0.717, 1.165) is 41.9 Å². The zero-order valence-corrected chi connectivity index (χ0v) is 13.6. The molecule has 0 bridgehead atoms. The van der Waals surface area contributed by atoms with Gasteiger partial charge in [0.15, 0.2) is 0 Å². The van der Waals surface area contributed by atoms with Gasteiger partial charge in [-0.2, -0.15) is 5.10 Å². The zero-order chi connectivity index (χ0) is 16.4. The molecule has 0 fully saturated rings. The van der Waals surface area contributed by atoms with Crippen LogP contribution in [0.5, 0.6) is 0 Å². The molecule has 2 aromatic rings. The minimum absolute atomic E-state index is 0.291. The summed E-state index contributed by atoms with van der Waals surface area (Å²) in [5.74, 6) is 0.291. The molecule has 0 aliphatic carbocycles. The van der Waals surface area contributed by atoms with Crippen LogP contribution in [0.15, 0.2) is 65.4 Å². The summed E-state index contributed by atoms with van der Waals surface area (Å²) in [6.45, 7) is 2.97. The van der Waals surface area contributed by atoms with Crippen LogP contribution in [0.4, 0.5) is 0 Å². The normalized spacial score (nSPS) is 19.4. The van der Waals surface area contributed by atoms with Crippen molar-refractivity contribution in [2.24, 2.45) is 15.9 Å². The summed E-state index contributed by atoms with van der Waals surface area (Å²) in [5, 5.41) is 4.36. The summed E-state index contributed by atoms with van der Waals surface area (Å²) >= 11 is 0. The minimum Gasteiger partial charge on any atom is -0.272 e. The van der Waals surface area contributed by atoms with Crippen LogP contribution in [0.2, 0.25) is 0 Å². The molecule has 2 aliphatic rings. The molecule has 1 atom stereocenters. The van der Waals surface area contributed by atoms with E-state index in [9.17, 15) is 0 Å². The second-order valence-corrected chi connectivity index (χ2v) is 6.02. The van der Waals surface area contributed by atoms with E-state index in [1.807, 2.05) is 35.5 Å². The quantitative estimate of drug-likeness (QED) is 0.868. The van der Waals surface area contributed by atoms with E-state index >= 15 is 0 Å². The molecule has 0 spiro atoms. The maximum atomic E-state index is 4.74. The first kappa shape index (κ1) is 14.8. The molecule has 5 nitrogen and oxygen atoms in total. The molecule has 0 saturated heterocycles. The molecule has 5 heteroatoms. The lowest BCUT2D eigenvalue weighted by molar-refractivity contribution is 0.659. The summed E-state index contributed by atoms with van der Waals surface area (Å²) in [5.41, 5.74) is 5.66. The molecule has 0 saturated carbocycles. The Hall–Kier alpha value is -2.82. The molecule has 24 heavy (non-hydrogen) atoms. The van der Waals surface area contributed by atoms with E-state index in [1.165, 1.54) is 5.57 Å². The highest BCUT2D eigenvalue weighted by molar-refractivity contribution is 6.45. The van der Waals surface area contributed by atoms with E-state index in [1.54, 1.807) is 6.20 Å². The summed E-state index contributed by atoms with van der Waals surface area (Å²) in [6.07, 6.45) is 15.4. The van der Waals surface area contributed by atoms with E-state index < -0.39 is 0 Å². The van der Waals surface area contributed by atoms with Gasteiger partial charge in [-0.15, -0.1) is 0 Å². The van der Waals surface area contributed by atoms with Crippen molar-refractivity contribution in [1.82, 2.24) is 14.8 Å². The number of allylic oxidation sites excluding steroid dienone is 2.